The average molecular weight is 589 g/mol. The van der Waals surface area contributed by atoms with Gasteiger partial charge in [-0.15, -0.1) is 0 Å². The molecule has 4 rings (SSSR count). The summed E-state index contributed by atoms with van der Waals surface area (Å²) in [4.78, 5) is 64.1. The number of carbonyl (C=O) groups excluding carboxylic acids is 4. The number of nitrogens with one attached hydrogen (secondary N) is 2. The lowest BCUT2D eigenvalue weighted by atomic mass is 9.55. The number of nitrogens with zero attached hydrogens (tertiary/aromatic N) is 1. The molecule has 0 saturated carbocycles. The van der Waals surface area contributed by atoms with Crippen LogP contribution in [0.1, 0.15) is 35.7 Å². The summed E-state index contributed by atoms with van der Waals surface area (Å²) in [5.41, 5.74) is 0.302. The minimum atomic E-state index is -3.04. The number of aliphatic hydroxyl groups is 4. The third kappa shape index (κ3) is 4.32. The predicted octanol–water partition coefficient (Wildman–Crippen LogP) is -1.35. The van der Waals surface area contributed by atoms with E-state index in [0.717, 1.165) is 0 Å². The maximum absolute atomic E-state index is 13.9. The van der Waals surface area contributed by atoms with Crippen LogP contribution in [0, 0.1) is 11.8 Å². The molecule has 0 spiro atoms. The van der Waals surface area contributed by atoms with Crippen molar-refractivity contribution in [2.24, 2.45) is 17.6 Å². The molecule has 0 radical (unpaired) electrons. The normalized spacial score (nSPS) is 29.5. The van der Waals surface area contributed by atoms with Gasteiger partial charge in [-0.1, -0.05) is 13.0 Å². The first-order chi connectivity index (χ1) is 19.5. The zero-order valence-electron chi connectivity index (χ0n) is 23.1. The van der Waals surface area contributed by atoms with Crippen molar-refractivity contribution < 1.29 is 54.6 Å². The number of benzene rings is 1. The number of phenolic OH excluding ortho intramolecular Hbond substituents is 1. The second-order valence-electron chi connectivity index (χ2n) is 11.0. The molecule has 0 saturated heterocycles. The van der Waals surface area contributed by atoms with Crippen LogP contribution in [0.25, 0.3) is 0 Å². The van der Waals surface area contributed by atoms with Crippen molar-refractivity contribution in [3.8, 4) is 5.75 Å². The quantitative estimate of drug-likeness (QED) is 0.132. The van der Waals surface area contributed by atoms with Crippen molar-refractivity contribution in [3.63, 3.8) is 0 Å². The second-order valence-corrected chi connectivity index (χ2v) is 11.0. The van der Waals surface area contributed by atoms with E-state index >= 15 is 0 Å². The number of hydrogen-bond donors (Lipinski definition) is 9. The van der Waals surface area contributed by atoms with E-state index in [1.165, 1.54) is 38.1 Å². The van der Waals surface area contributed by atoms with Crippen LogP contribution >= 0.6 is 0 Å². The summed E-state index contributed by atoms with van der Waals surface area (Å²) in [5.74, 6) is -12.2. The van der Waals surface area contributed by atoms with Crippen molar-refractivity contribution in [1.29, 1.82) is 0 Å². The molecule has 226 valence electrons. The van der Waals surface area contributed by atoms with Crippen LogP contribution in [-0.4, -0.2) is 109 Å². The van der Waals surface area contributed by atoms with Gasteiger partial charge in [0.1, 0.15) is 23.1 Å². The Labute approximate surface area is 238 Å². The standard InChI is InChI=1S/C27H32N4O11/c1-8-10-5-6-11(30-12(32)7-29-9(2)26(40)41)19(33)14(10)20(34)15-13(8)21(35)17-18(31(3)4)22(36)16(25(28)39)24(38)27(17,42)23(15)37/h5-6,8-9,13,17-18,21,29,33,35-37,42H,7H2,1-4H3,(H2,28,39)(H,30,32)(H,40,41)/t8?,9-,13?,17?,18?,21?,27?/m0/s1. The van der Waals surface area contributed by atoms with E-state index in [1.807, 2.05) is 0 Å². The Morgan fingerprint density at radius 3 is 2.31 bits per heavy atom. The number of fused-ring (bicyclic) bond motifs is 3. The maximum Gasteiger partial charge on any atom is 0.320 e. The molecule has 0 heterocycles. The van der Waals surface area contributed by atoms with Gasteiger partial charge in [0.25, 0.3) is 5.91 Å². The lowest BCUT2D eigenvalue weighted by molar-refractivity contribution is -0.162. The number of phenols is 1. The number of likely N-dealkylation sites (N-methyl/N-ethyl adjacent to an activating group) is 1. The van der Waals surface area contributed by atoms with E-state index in [-0.39, 0.29) is 16.8 Å². The highest BCUT2D eigenvalue weighted by Crippen LogP contribution is 2.56. The summed E-state index contributed by atoms with van der Waals surface area (Å²) in [6.45, 7) is 2.45. The number of aliphatic hydroxyl groups excluding tert-OH is 3. The Kier molecular flexibility index (Phi) is 7.67. The van der Waals surface area contributed by atoms with Crippen molar-refractivity contribution in [2.45, 2.75) is 43.6 Å². The van der Waals surface area contributed by atoms with Gasteiger partial charge in [0.2, 0.25) is 11.7 Å². The molecule has 0 bridgehead atoms. The van der Waals surface area contributed by atoms with Gasteiger partial charge in [0.05, 0.1) is 35.9 Å². The summed E-state index contributed by atoms with van der Waals surface area (Å²) in [7, 11) is 2.88. The first-order valence-corrected chi connectivity index (χ1v) is 12.9. The number of carboxylic acid groups (broad SMARTS) is 1. The fraction of sp³-hybridized carbons (Fsp3) is 0.444. The minimum absolute atomic E-state index is 0.221. The largest absolute Gasteiger partial charge is 0.510 e. The molecule has 42 heavy (non-hydrogen) atoms. The number of carbonyl (C=O) groups is 5. The molecule has 15 nitrogen and oxygen atoms in total. The highest BCUT2D eigenvalue weighted by atomic mass is 16.4. The van der Waals surface area contributed by atoms with Gasteiger partial charge in [-0.25, -0.2) is 0 Å². The van der Waals surface area contributed by atoms with Crippen LogP contribution in [0.5, 0.6) is 5.75 Å². The van der Waals surface area contributed by atoms with Crippen molar-refractivity contribution in [1.82, 2.24) is 10.2 Å². The Hall–Kier alpha value is -4.31. The first kappa shape index (κ1) is 30.6. The monoisotopic (exact) mass is 588 g/mol. The number of hydrogen-bond acceptors (Lipinski definition) is 12. The third-order valence-electron chi connectivity index (χ3n) is 8.34. The lowest BCUT2D eigenvalue weighted by Crippen LogP contribution is -2.68. The number of Topliss-reactive ketones (excluding diaryl/α,β-unsaturated/α-hetero) is 2. The number of primary amides is 1. The Balaban J connectivity index is 1.84. The number of anilines is 1. The van der Waals surface area contributed by atoms with Crippen LogP contribution in [-0.2, 0) is 19.2 Å². The van der Waals surface area contributed by atoms with Gasteiger partial charge in [-0.05, 0) is 38.6 Å². The van der Waals surface area contributed by atoms with Crippen LogP contribution in [0.4, 0.5) is 5.69 Å². The molecule has 7 atom stereocenters. The smallest absolute Gasteiger partial charge is 0.320 e. The molecule has 3 aliphatic carbocycles. The van der Waals surface area contributed by atoms with E-state index in [1.54, 1.807) is 6.92 Å². The van der Waals surface area contributed by atoms with Gasteiger partial charge >= 0.3 is 5.97 Å². The number of aromatic hydroxyl groups is 1. The number of nitrogens with two attached hydrogens (primary N) is 1. The van der Waals surface area contributed by atoms with Gasteiger partial charge in [-0.3, -0.25) is 34.2 Å². The summed E-state index contributed by atoms with van der Waals surface area (Å²) >= 11 is 0. The highest BCUT2D eigenvalue weighted by molar-refractivity contribution is 6.25. The number of aliphatic carboxylic acids is 1. The first-order valence-electron chi connectivity index (χ1n) is 12.9. The van der Waals surface area contributed by atoms with Crippen LogP contribution in [0.15, 0.2) is 34.8 Å². The topological polar surface area (TPSA) is 260 Å². The summed E-state index contributed by atoms with van der Waals surface area (Å²) < 4.78 is 0. The fourth-order valence-corrected chi connectivity index (χ4v) is 6.25. The third-order valence-corrected chi connectivity index (χ3v) is 8.34. The molecule has 6 unspecified atom stereocenters. The van der Waals surface area contributed by atoms with Crippen LogP contribution < -0.4 is 16.4 Å². The number of rotatable bonds is 7. The fourth-order valence-electron chi connectivity index (χ4n) is 6.25. The van der Waals surface area contributed by atoms with Crippen LogP contribution in [0.3, 0.4) is 0 Å². The zero-order chi connectivity index (χ0) is 31.6. The number of amides is 2. The summed E-state index contributed by atoms with van der Waals surface area (Å²) in [5, 5.41) is 70.4. The van der Waals surface area contributed by atoms with E-state index < -0.39 is 106 Å². The summed E-state index contributed by atoms with van der Waals surface area (Å²) in [6.07, 6.45) is -1.73. The molecule has 0 aromatic heterocycles. The predicted molar refractivity (Wildman–Crippen MR) is 144 cm³/mol. The highest BCUT2D eigenvalue weighted by Gasteiger charge is 2.67. The summed E-state index contributed by atoms with van der Waals surface area (Å²) in [6, 6.07) is 0.300. The van der Waals surface area contributed by atoms with Crippen molar-refractivity contribution >= 4 is 35.0 Å². The molecule has 0 fully saturated rings. The second kappa shape index (κ2) is 10.5. The molecule has 1 aromatic rings. The van der Waals surface area contributed by atoms with E-state index in [2.05, 4.69) is 10.6 Å². The Morgan fingerprint density at radius 1 is 1.14 bits per heavy atom. The minimum Gasteiger partial charge on any atom is -0.510 e. The van der Waals surface area contributed by atoms with E-state index in [4.69, 9.17) is 10.8 Å². The van der Waals surface area contributed by atoms with Crippen molar-refractivity contribution in [2.75, 3.05) is 26.0 Å². The molecular formula is C27H32N4O11. The molecule has 0 aliphatic heterocycles. The van der Waals surface area contributed by atoms with Crippen molar-refractivity contribution in [3.05, 3.63) is 45.9 Å². The van der Waals surface area contributed by atoms with Gasteiger partial charge in [0, 0.05) is 11.5 Å². The molecule has 2 amide bonds. The Morgan fingerprint density at radius 2 is 1.76 bits per heavy atom. The van der Waals surface area contributed by atoms with Gasteiger partial charge in [-0.2, -0.15) is 0 Å². The lowest BCUT2D eigenvalue weighted by Gasteiger charge is -2.53. The molecule has 3 aliphatic rings. The SMILES string of the molecule is CC1c2ccc(NC(=O)CN[C@@H](C)C(=O)O)c(O)c2C(=O)C2=C(O)C3(O)C(=O)C(C(N)=O)=C(O)C(N(C)C)C3C(O)C21. The molecule has 1 aromatic carbocycles. The van der Waals surface area contributed by atoms with Gasteiger partial charge < -0.3 is 41.7 Å². The number of ketones is 2. The van der Waals surface area contributed by atoms with Crippen LogP contribution in [0.2, 0.25) is 0 Å². The van der Waals surface area contributed by atoms with E-state index in [9.17, 15) is 49.5 Å². The maximum atomic E-state index is 13.9. The number of carboxylic acids is 1. The average Bonchev–Trinajstić information content (AvgIpc) is 2.90. The molecule has 15 heteroatoms. The van der Waals surface area contributed by atoms with E-state index in [0.29, 0.717) is 0 Å². The Bertz CT molecular complexity index is 1480. The zero-order valence-corrected chi connectivity index (χ0v) is 23.1. The van der Waals surface area contributed by atoms with Gasteiger partial charge in [0.15, 0.2) is 17.1 Å². The molecule has 10 N–H and O–H groups in total. The molecular weight excluding hydrogens is 556 g/mol.